The van der Waals surface area contributed by atoms with Crippen molar-refractivity contribution in [2.24, 2.45) is 0 Å². The smallest absolute Gasteiger partial charge is 0.303 e. The second-order valence-corrected chi connectivity index (χ2v) is 16.9. The Kier molecular flexibility index (Phi) is 18.4. The first-order valence-electron chi connectivity index (χ1n) is 20.1. The van der Waals surface area contributed by atoms with Crippen LogP contribution in [0.1, 0.15) is 29.2 Å². The van der Waals surface area contributed by atoms with Crippen molar-refractivity contribution < 1.29 is 56.9 Å². The number of carbonyl (C=O) groups is 1. The Morgan fingerprint density at radius 3 is 1.35 bits per heavy atom. The second-order valence-electron chi connectivity index (χ2n) is 14.6. The van der Waals surface area contributed by atoms with E-state index < -0.39 is 77.1 Å². The van der Waals surface area contributed by atoms with E-state index in [2.05, 4.69) is 0 Å². The van der Waals surface area contributed by atoms with Crippen LogP contribution >= 0.6 is 34.8 Å². The van der Waals surface area contributed by atoms with Crippen molar-refractivity contribution in [3.63, 3.8) is 0 Å². The highest BCUT2D eigenvalue weighted by Crippen LogP contribution is 2.37. The van der Waals surface area contributed by atoms with Crippen LogP contribution in [0.4, 0.5) is 0 Å². The van der Waals surface area contributed by atoms with Gasteiger partial charge in [-0.1, -0.05) is 156 Å². The molecule has 0 saturated carbocycles. The maximum atomic E-state index is 12.6. The van der Waals surface area contributed by atoms with Gasteiger partial charge in [0.2, 0.25) is 12.2 Å². The molecule has 0 aliphatic carbocycles. The van der Waals surface area contributed by atoms with Crippen LogP contribution < -0.4 is 0 Å². The number of alkyl halides is 3. The molecule has 6 rings (SSSR count). The number of halogens is 3. The van der Waals surface area contributed by atoms with Gasteiger partial charge in [-0.25, -0.2) is 0 Å². The number of hydrogen-bond donors (Lipinski definition) is 1. The van der Waals surface area contributed by atoms with Crippen LogP contribution in [0.3, 0.4) is 0 Å². The number of ether oxygens (including phenoxy) is 11. The number of benzene rings is 4. The molecule has 2 fully saturated rings. The lowest BCUT2D eigenvalue weighted by atomic mass is 9.96. The molecule has 0 unspecified atom stereocenters. The van der Waals surface area contributed by atoms with Crippen molar-refractivity contribution in [1.29, 1.82) is 5.41 Å². The number of nitrogens with one attached hydrogen (secondary N) is 1. The molecule has 10 atom stereocenters. The number of methoxy groups -OCH3 is 2. The maximum Gasteiger partial charge on any atom is 0.303 e. The number of rotatable bonds is 20. The maximum absolute atomic E-state index is 12.6. The molecule has 0 aromatic heterocycles. The fraction of sp³-hybridized carbons (Fsp3) is 0.435. The quantitative estimate of drug-likeness (QED) is 0.0401. The summed E-state index contributed by atoms with van der Waals surface area (Å²) < 4.78 is 67.8. The molecule has 1 N–H and O–H groups in total. The summed E-state index contributed by atoms with van der Waals surface area (Å²) in [5, 5.41) is 8.49. The molecule has 4 aromatic carbocycles. The van der Waals surface area contributed by atoms with E-state index in [1.54, 1.807) is 0 Å². The summed E-state index contributed by atoms with van der Waals surface area (Å²) in [7, 11) is 2.99. The van der Waals surface area contributed by atoms with Crippen LogP contribution in [-0.4, -0.2) is 105 Å². The molecule has 4 aromatic rings. The molecular weight excluding hydrogens is 865 g/mol. The van der Waals surface area contributed by atoms with E-state index in [1.165, 1.54) is 21.1 Å². The van der Waals surface area contributed by atoms with Crippen molar-refractivity contribution in [3.8, 4) is 0 Å². The minimum Gasteiger partial charge on any atom is -0.457 e. The van der Waals surface area contributed by atoms with Gasteiger partial charge in [0, 0.05) is 21.1 Å². The van der Waals surface area contributed by atoms with Crippen LogP contribution in [0, 0.1) is 5.41 Å². The Hall–Kier alpha value is -3.67. The summed E-state index contributed by atoms with van der Waals surface area (Å²) in [5.41, 5.74) is 3.56. The van der Waals surface area contributed by atoms with Gasteiger partial charge >= 0.3 is 5.97 Å². The highest BCUT2D eigenvalue weighted by Gasteiger charge is 2.55. The summed E-state index contributed by atoms with van der Waals surface area (Å²) in [4.78, 5) is 12.6. The Balaban J connectivity index is 1.36. The molecule has 2 saturated heterocycles. The fourth-order valence-corrected chi connectivity index (χ4v) is 7.36. The zero-order chi connectivity index (χ0) is 43.9. The average molecular weight is 917 g/mol. The van der Waals surface area contributed by atoms with E-state index in [0.717, 1.165) is 22.3 Å². The standard InChI is InChI=1S/C46H52Cl3NO12/c1-30(51)58-37-35(28-54-24-31-16-8-4-9-17-31)59-43(41(39(37)52-2)56-26-33-20-12-6-13-21-33)61-38-36(29-55-25-32-18-10-5-11-19-32)60-44(62-45(50)46(47,48)49)42(40(38)53-3)57-27-34-22-14-7-15-23-34/h4-23,35-44,50H,24-29H2,1-3H3/t35-,36-,37-,38-,39+,40+,41+,42+,43-,44-/m1/s1. The van der Waals surface area contributed by atoms with Crippen LogP contribution in [-0.2, 0) is 83.3 Å². The van der Waals surface area contributed by atoms with E-state index >= 15 is 0 Å². The predicted octanol–water partition coefficient (Wildman–Crippen LogP) is 7.75. The van der Waals surface area contributed by atoms with Gasteiger partial charge in [0.15, 0.2) is 12.4 Å². The van der Waals surface area contributed by atoms with Gasteiger partial charge < -0.3 is 52.1 Å². The fourth-order valence-electron chi connectivity index (χ4n) is 7.22. The minimum absolute atomic E-state index is 0.00563. The van der Waals surface area contributed by atoms with E-state index in [0.29, 0.717) is 0 Å². The summed E-state index contributed by atoms with van der Waals surface area (Å²) in [6.07, 6.45) is -10.4. The van der Waals surface area contributed by atoms with Crippen molar-refractivity contribution in [2.75, 3.05) is 27.4 Å². The largest absolute Gasteiger partial charge is 0.457 e. The van der Waals surface area contributed by atoms with Gasteiger partial charge in [0.1, 0.15) is 42.7 Å². The zero-order valence-electron chi connectivity index (χ0n) is 34.6. The molecule has 16 heteroatoms. The Bertz CT molecular complexity index is 1930. The van der Waals surface area contributed by atoms with Gasteiger partial charge in [-0.05, 0) is 22.3 Å². The van der Waals surface area contributed by atoms with E-state index in [1.807, 2.05) is 121 Å². The molecule has 0 spiro atoms. The molecule has 2 aliphatic heterocycles. The normalized spacial score (nSPS) is 26.4. The first-order valence-corrected chi connectivity index (χ1v) is 21.2. The van der Waals surface area contributed by atoms with Crippen LogP contribution in [0.25, 0.3) is 0 Å². The third-order valence-electron chi connectivity index (χ3n) is 10.2. The SMILES string of the molecule is CO[C@@H]1[C@H](OCc2ccccc2)[C@@H](O[C@H]2[C@H](OC)[C@H](OCc3ccccc3)[C@@H](OC(=N)C(Cl)(Cl)Cl)O[C@@H]2COCc2ccccc2)O[C@H](COCc2ccccc2)[C@H]1OC(C)=O. The summed E-state index contributed by atoms with van der Waals surface area (Å²) in [6, 6.07) is 38.3. The first kappa shape index (κ1) is 47.8. The number of hydrogen-bond acceptors (Lipinski definition) is 13. The van der Waals surface area contributed by atoms with Crippen molar-refractivity contribution in [2.45, 2.75) is 98.6 Å². The summed E-state index contributed by atoms with van der Waals surface area (Å²) in [5.74, 6) is -1.24. The molecule has 334 valence electrons. The monoisotopic (exact) mass is 915 g/mol. The van der Waals surface area contributed by atoms with Crippen molar-refractivity contribution in [3.05, 3.63) is 144 Å². The van der Waals surface area contributed by atoms with Crippen LogP contribution in [0.15, 0.2) is 121 Å². The van der Waals surface area contributed by atoms with E-state index in [-0.39, 0.29) is 39.6 Å². The predicted molar refractivity (Wildman–Crippen MR) is 231 cm³/mol. The number of esters is 1. The van der Waals surface area contributed by atoms with Crippen molar-refractivity contribution >= 4 is 46.7 Å². The Morgan fingerprint density at radius 2 is 0.935 bits per heavy atom. The van der Waals surface area contributed by atoms with Crippen LogP contribution in [0.2, 0.25) is 0 Å². The van der Waals surface area contributed by atoms with Crippen LogP contribution in [0.5, 0.6) is 0 Å². The van der Waals surface area contributed by atoms with Gasteiger partial charge in [-0.2, -0.15) is 0 Å². The van der Waals surface area contributed by atoms with Gasteiger partial charge in [-0.15, -0.1) is 0 Å². The molecular formula is C46H52Cl3NO12. The summed E-state index contributed by atoms with van der Waals surface area (Å²) >= 11 is 18.3. The lowest BCUT2D eigenvalue weighted by molar-refractivity contribution is -0.366. The molecule has 0 radical (unpaired) electrons. The molecule has 2 aliphatic rings. The third kappa shape index (κ3) is 13.7. The lowest BCUT2D eigenvalue weighted by Crippen LogP contribution is -2.66. The summed E-state index contributed by atoms with van der Waals surface area (Å²) in [6.45, 7) is 1.97. The minimum atomic E-state index is -2.22. The van der Waals surface area contributed by atoms with Gasteiger partial charge in [-0.3, -0.25) is 10.2 Å². The molecule has 0 amide bonds. The van der Waals surface area contributed by atoms with Gasteiger partial charge in [0.25, 0.3) is 3.79 Å². The first-order chi connectivity index (χ1) is 30.0. The van der Waals surface area contributed by atoms with E-state index in [4.69, 9.17) is 92.3 Å². The molecule has 62 heavy (non-hydrogen) atoms. The zero-order valence-corrected chi connectivity index (χ0v) is 36.9. The third-order valence-corrected chi connectivity index (χ3v) is 10.7. The van der Waals surface area contributed by atoms with Crippen molar-refractivity contribution in [1.82, 2.24) is 0 Å². The molecule has 13 nitrogen and oxygen atoms in total. The topological polar surface area (TPSA) is 142 Å². The number of carbonyl (C=O) groups excluding carboxylic acids is 1. The van der Waals surface area contributed by atoms with Gasteiger partial charge in [0.05, 0.1) is 39.6 Å². The second kappa shape index (κ2) is 23.9. The highest BCUT2D eigenvalue weighted by molar-refractivity contribution is 6.76. The Morgan fingerprint density at radius 1 is 0.548 bits per heavy atom. The highest BCUT2D eigenvalue weighted by atomic mass is 35.6. The van der Waals surface area contributed by atoms with E-state index in [9.17, 15) is 4.79 Å². The molecule has 2 heterocycles. The Labute approximate surface area is 377 Å². The average Bonchev–Trinajstić information content (AvgIpc) is 3.27. The molecule has 0 bridgehead atoms. The lowest BCUT2D eigenvalue weighted by Gasteiger charge is -2.49.